The number of hydrogen-bond donors (Lipinski definition) is 3. The average molecular weight is 414 g/mol. The van der Waals surface area contributed by atoms with Crippen molar-refractivity contribution in [1.29, 1.82) is 0 Å². The molecule has 0 spiro atoms. The van der Waals surface area contributed by atoms with Gasteiger partial charge in [-0.25, -0.2) is 18.4 Å². The van der Waals surface area contributed by atoms with E-state index in [1.807, 2.05) is 0 Å². The summed E-state index contributed by atoms with van der Waals surface area (Å²) in [5, 5.41) is 19.1. The minimum absolute atomic E-state index is 0.0698. The van der Waals surface area contributed by atoms with Crippen LogP contribution in [0.1, 0.15) is 17.3 Å². The van der Waals surface area contributed by atoms with Crippen LogP contribution in [-0.4, -0.2) is 31.5 Å². The fourth-order valence-electron chi connectivity index (χ4n) is 2.69. The molecule has 3 aromatic carbocycles. The van der Waals surface area contributed by atoms with Gasteiger partial charge in [-0.05, 0) is 36.6 Å². The summed E-state index contributed by atoms with van der Waals surface area (Å²) in [6.07, 6.45) is -1.20. The van der Waals surface area contributed by atoms with Crippen LogP contribution in [0.2, 0.25) is 0 Å². The predicted octanol–water partition coefficient (Wildman–Crippen LogP) is 2.38. The number of ether oxygens (including phenoxy) is 1. The first-order chi connectivity index (χ1) is 13.7. The van der Waals surface area contributed by atoms with Gasteiger partial charge in [0.2, 0.25) is 10.0 Å². The number of primary sulfonamides is 1. The van der Waals surface area contributed by atoms with E-state index in [0.717, 1.165) is 5.39 Å². The van der Waals surface area contributed by atoms with Gasteiger partial charge in [0, 0.05) is 11.1 Å². The Morgan fingerprint density at radius 3 is 2.52 bits per heavy atom. The van der Waals surface area contributed by atoms with Gasteiger partial charge in [-0.1, -0.05) is 36.4 Å². The van der Waals surface area contributed by atoms with Gasteiger partial charge >= 0.3 is 5.97 Å². The molecule has 3 aromatic rings. The summed E-state index contributed by atoms with van der Waals surface area (Å²) in [5.41, 5.74) is 0.109. The second-order valence-electron chi connectivity index (χ2n) is 6.29. The molecule has 8 nitrogen and oxygen atoms in total. The van der Waals surface area contributed by atoms with E-state index in [9.17, 15) is 23.1 Å². The highest BCUT2D eigenvalue weighted by Crippen LogP contribution is 2.29. The van der Waals surface area contributed by atoms with Crippen LogP contribution in [-0.2, 0) is 19.6 Å². The largest absolute Gasteiger partial charge is 0.506 e. The third-order valence-electron chi connectivity index (χ3n) is 4.20. The van der Waals surface area contributed by atoms with Crippen molar-refractivity contribution in [3.63, 3.8) is 0 Å². The smallest absolute Gasteiger partial charge is 0.342 e. The Morgan fingerprint density at radius 2 is 1.79 bits per heavy atom. The minimum Gasteiger partial charge on any atom is -0.506 e. The Bertz CT molecular complexity index is 1210. The van der Waals surface area contributed by atoms with E-state index in [1.54, 1.807) is 30.3 Å². The lowest BCUT2D eigenvalue weighted by Crippen LogP contribution is -2.30. The highest BCUT2D eigenvalue weighted by atomic mass is 32.2. The number of esters is 1. The van der Waals surface area contributed by atoms with E-state index in [0.29, 0.717) is 5.39 Å². The maximum atomic E-state index is 12.4. The molecule has 29 heavy (non-hydrogen) atoms. The van der Waals surface area contributed by atoms with Crippen LogP contribution in [0.5, 0.6) is 5.75 Å². The summed E-state index contributed by atoms with van der Waals surface area (Å²) < 4.78 is 28.0. The molecule has 0 aliphatic carbocycles. The van der Waals surface area contributed by atoms with Gasteiger partial charge in [-0.15, -0.1) is 0 Å². The van der Waals surface area contributed by atoms with Gasteiger partial charge < -0.3 is 15.2 Å². The van der Waals surface area contributed by atoms with Crippen molar-refractivity contribution >= 4 is 38.4 Å². The van der Waals surface area contributed by atoms with E-state index in [2.05, 4.69) is 5.32 Å². The number of phenolic OH excluding ortho intramolecular Hbond substituents is 1. The molecule has 0 saturated heterocycles. The van der Waals surface area contributed by atoms with Crippen LogP contribution < -0.4 is 10.5 Å². The summed E-state index contributed by atoms with van der Waals surface area (Å²) in [7, 11) is -3.92. The number of phenols is 1. The molecule has 1 amide bonds. The van der Waals surface area contributed by atoms with Crippen LogP contribution in [0.3, 0.4) is 0 Å². The zero-order chi connectivity index (χ0) is 21.2. The average Bonchev–Trinajstić information content (AvgIpc) is 2.68. The van der Waals surface area contributed by atoms with Crippen molar-refractivity contribution in [2.24, 2.45) is 5.14 Å². The lowest BCUT2D eigenvalue weighted by atomic mass is 10.1. The number of carbonyl (C=O) groups is 2. The zero-order valence-electron chi connectivity index (χ0n) is 15.3. The van der Waals surface area contributed by atoms with Gasteiger partial charge in [-0.2, -0.15) is 0 Å². The SMILES string of the molecule is C[C@@H](OC(=O)c1ccc2ccccc2c1O)C(=O)Nc1cccc(S(N)(=O)=O)c1. The van der Waals surface area contributed by atoms with Crippen molar-refractivity contribution < 1.29 is 27.9 Å². The highest BCUT2D eigenvalue weighted by Gasteiger charge is 2.22. The molecule has 3 rings (SSSR count). The van der Waals surface area contributed by atoms with Crippen LogP contribution in [0.15, 0.2) is 65.6 Å². The minimum atomic E-state index is -3.92. The fraction of sp³-hybridized carbons (Fsp3) is 0.100. The molecule has 0 bridgehead atoms. The topological polar surface area (TPSA) is 136 Å². The van der Waals surface area contributed by atoms with Gasteiger partial charge in [0.15, 0.2) is 6.10 Å². The van der Waals surface area contributed by atoms with Crippen LogP contribution >= 0.6 is 0 Å². The standard InChI is InChI=1S/C20H18N2O6S/c1-12(19(24)22-14-6-4-7-15(11-14)29(21,26)27)28-20(25)17-10-9-13-5-2-3-8-16(13)18(17)23/h2-12,23H,1H3,(H,22,24)(H2,21,26,27)/t12-/m1/s1. The van der Waals surface area contributed by atoms with E-state index in [-0.39, 0.29) is 21.9 Å². The number of carbonyl (C=O) groups excluding carboxylic acids is 2. The number of hydrogen-bond acceptors (Lipinski definition) is 6. The second-order valence-corrected chi connectivity index (χ2v) is 7.85. The molecule has 0 unspecified atom stereocenters. The zero-order valence-corrected chi connectivity index (χ0v) is 16.1. The van der Waals surface area contributed by atoms with Crippen molar-refractivity contribution in [2.75, 3.05) is 5.32 Å². The molecular formula is C20H18N2O6S. The summed E-state index contributed by atoms with van der Waals surface area (Å²) in [6.45, 7) is 1.36. The maximum Gasteiger partial charge on any atom is 0.342 e. The summed E-state index contributed by atoms with van der Waals surface area (Å²) in [4.78, 5) is 24.5. The molecular weight excluding hydrogens is 396 g/mol. The van der Waals surface area contributed by atoms with Crippen LogP contribution in [0.4, 0.5) is 5.69 Å². The number of aromatic hydroxyl groups is 1. The Balaban J connectivity index is 1.73. The normalized spacial score (nSPS) is 12.3. The van der Waals surface area contributed by atoms with Crippen molar-refractivity contribution in [2.45, 2.75) is 17.9 Å². The first-order valence-corrected chi connectivity index (χ1v) is 10.1. The Morgan fingerprint density at radius 1 is 1.07 bits per heavy atom. The Hall–Kier alpha value is -3.43. The number of sulfonamides is 1. The fourth-order valence-corrected chi connectivity index (χ4v) is 3.25. The van der Waals surface area contributed by atoms with E-state index >= 15 is 0 Å². The van der Waals surface area contributed by atoms with E-state index in [4.69, 9.17) is 9.88 Å². The number of nitrogens with two attached hydrogens (primary N) is 1. The van der Waals surface area contributed by atoms with Crippen molar-refractivity contribution in [1.82, 2.24) is 0 Å². The molecule has 0 radical (unpaired) electrons. The van der Waals surface area contributed by atoms with Gasteiger partial charge in [0.25, 0.3) is 5.91 Å². The summed E-state index contributed by atoms with van der Waals surface area (Å²) in [6, 6.07) is 15.4. The lowest BCUT2D eigenvalue weighted by molar-refractivity contribution is -0.123. The molecule has 9 heteroatoms. The Labute approximate surface area is 167 Å². The van der Waals surface area contributed by atoms with Crippen molar-refractivity contribution in [3.05, 3.63) is 66.2 Å². The predicted molar refractivity (Wildman–Crippen MR) is 107 cm³/mol. The second kappa shape index (κ2) is 7.90. The highest BCUT2D eigenvalue weighted by molar-refractivity contribution is 7.89. The van der Waals surface area contributed by atoms with Gasteiger partial charge in [0.1, 0.15) is 11.3 Å². The molecule has 0 saturated carbocycles. The third-order valence-corrected chi connectivity index (χ3v) is 5.11. The van der Waals surface area contributed by atoms with Crippen molar-refractivity contribution in [3.8, 4) is 5.75 Å². The molecule has 150 valence electrons. The number of nitrogens with one attached hydrogen (secondary N) is 1. The van der Waals surface area contributed by atoms with Gasteiger partial charge in [-0.3, -0.25) is 4.79 Å². The molecule has 4 N–H and O–H groups in total. The van der Waals surface area contributed by atoms with Gasteiger partial charge in [0.05, 0.1) is 4.90 Å². The number of amides is 1. The lowest BCUT2D eigenvalue weighted by Gasteiger charge is -2.15. The molecule has 0 aliphatic heterocycles. The summed E-state index contributed by atoms with van der Waals surface area (Å²) >= 11 is 0. The molecule has 1 atom stereocenters. The Kier molecular flexibility index (Phi) is 5.53. The first-order valence-electron chi connectivity index (χ1n) is 8.52. The summed E-state index contributed by atoms with van der Waals surface area (Å²) in [5.74, 6) is -1.78. The van der Waals surface area contributed by atoms with E-state index < -0.39 is 28.0 Å². The first kappa shape index (κ1) is 20.3. The molecule has 0 aromatic heterocycles. The molecule has 0 heterocycles. The monoisotopic (exact) mass is 414 g/mol. The third kappa shape index (κ3) is 4.53. The number of anilines is 1. The van der Waals surface area contributed by atoms with Crippen LogP contribution in [0, 0.1) is 0 Å². The number of fused-ring (bicyclic) bond motifs is 1. The molecule has 0 fully saturated rings. The van der Waals surface area contributed by atoms with Crippen LogP contribution in [0.25, 0.3) is 10.8 Å². The number of rotatable bonds is 5. The number of benzene rings is 3. The maximum absolute atomic E-state index is 12.4. The molecule has 0 aliphatic rings. The van der Waals surface area contributed by atoms with E-state index in [1.165, 1.54) is 37.3 Å². The quantitative estimate of drug-likeness (QED) is 0.549.